The van der Waals surface area contributed by atoms with Crippen molar-refractivity contribution in [3.8, 4) is 0 Å². The van der Waals surface area contributed by atoms with Crippen LogP contribution in [0.3, 0.4) is 0 Å². The quantitative estimate of drug-likeness (QED) is 0.349. The number of fused-ring (bicyclic) bond motifs is 1. The summed E-state index contributed by atoms with van der Waals surface area (Å²) in [4.78, 5) is 17.8. The topological polar surface area (TPSA) is 108 Å². The zero-order valence-electron chi connectivity index (χ0n) is 19.8. The molecule has 0 spiro atoms. The van der Waals surface area contributed by atoms with Gasteiger partial charge in [0, 0.05) is 6.04 Å². The van der Waals surface area contributed by atoms with Crippen molar-refractivity contribution in [2.75, 3.05) is 5.75 Å². The lowest BCUT2D eigenvalue weighted by atomic mass is 10.1. The van der Waals surface area contributed by atoms with Gasteiger partial charge in [-0.25, -0.2) is 13.4 Å². The molecule has 0 fully saturated rings. The van der Waals surface area contributed by atoms with Crippen molar-refractivity contribution >= 4 is 37.3 Å². The molecular formula is C25H33N3O4S2. The second-order valence-corrected chi connectivity index (χ2v) is 12.0. The van der Waals surface area contributed by atoms with Crippen molar-refractivity contribution in [3.63, 3.8) is 0 Å². The minimum absolute atomic E-state index is 0.0958. The average molecular weight is 504 g/mol. The Hall–Kier alpha value is -2.33. The molecule has 3 atom stereocenters. The summed E-state index contributed by atoms with van der Waals surface area (Å²) in [5.41, 5.74) is 1.48. The Labute approximate surface area is 205 Å². The zero-order valence-corrected chi connectivity index (χ0v) is 21.4. The predicted octanol–water partition coefficient (Wildman–Crippen LogP) is 3.60. The molecule has 9 heteroatoms. The zero-order chi connectivity index (χ0) is 24.7. The van der Waals surface area contributed by atoms with Gasteiger partial charge in [0.25, 0.3) is 0 Å². The van der Waals surface area contributed by atoms with E-state index >= 15 is 0 Å². The number of para-hydroxylation sites is 1. The van der Waals surface area contributed by atoms with E-state index in [0.29, 0.717) is 17.0 Å². The highest BCUT2D eigenvalue weighted by atomic mass is 32.2. The second kappa shape index (κ2) is 11.9. The Morgan fingerprint density at radius 3 is 2.41 bits per heavy atom. The molecule has 2 aromatic carbocycles. The van der Waals surface area contributed by atoms with Gasteiger partial charge < -0.3 is 15.7 Å². The van der Waals surface area contributed by atoms with Crippen LogP contribution in [0.2, 0.25) is 0 Å². The van der Waals surface area contributed by atoms with Crippen LogP contribution in [0.15, 0.2) is 54.6 Å². The van der Waals surface area contributed by atoms with Gasteiger partial charge in [-0.2, -0.15) is 0 Å². The number of aromatic nitrogens is 1. The lowest BCUT2D eigenvalue weighted by molar-refractivity contribution is -0.124. The number of nitrogens with one attached hydrogen (secondary N) is 2. The van der Waals surface area contributed by atoms with Crippen molar-refractivity contribution in [1.29, 1.82) is 0 Å². The monoisotopic (exact) mass is 503 g/mol. The number of hydrogen-bond donors (Lipinski definition) is 3. The van der Waals surface area contributed by atoms with Gasteiger partial charge in [0.2, 0.25) is 5.91 Å². The Balaban J connectivity index is 1.75. The highest BCUT2D eigenvalue weighted by molar-refractivity contribution is 7.90. The van der Waals surface area contributed by atoms with Crippen LogP contribution in [0.5, 0.6) is 0 Å². The first-order valence-corrected chi connectivity index (χ1v) is 14.2. The summed E-state index contributed by atoms with van der Waals surface area (Å²) in [5.74, 6) is -0.907. The molecule has 34 heavy (non-hydrogen) atoms. The Morgan fingerprint density at radius 2 is 1.76 bits per heavy atom. The molecule has 184 valence electrons. The van der Waals surface area contributed by atoms with E-state index in [1.807, 2.05) is 51.1 Å². The number of aliphatic hydroxyl groups excluding tert-OH is 1. The number of sulfone groups is 1. The van der Waals surface area contributed by atoms with Crippen molar-refractivity contribution < 1.29 is 18.3 Å². The number of amides is 1. The molecule has 0 aliphatic carbocycles. The third-order valence-electron chi connectivity index (χ3n) is 5.37. The largest absolute Gasteiger partial charge is 0.384 e. The number of thiazole rings is 1. The van der Waals surface area contributed by atoms with Gasteiger partial charge in [-0.15, -0.1) is 11.3 Å². The standard InChI is InChI=1S/C25H33N3O4S2/c1-4-10-20(23(29)25-28-19-13-8-9-14-22(19)33-25)27-24(30)21(26-17(2)3)16-34(31,32)15-18-11-6-5-7-12-18/h5-9,11-14,17,20-21,23,26,29H,4,10,15-16H2,1-3H3,(H,27,30)/t20?,21?,23-/m1/s1. The summed E-state index contributed by atoms with van der Waals surface area (Å²) in [5, 5.41) is 17.6. The Kier molecular flexibility index (Phi) is 9.18. The molecule has 3 aromatic rings. The van der Waals surface area contributed by atoms with E-state index in [1.54, 1.807) is 24.3 Å². The van der Waals surface area contributed by atoms with Gasteiger partial charge in [0.15, 0.2) is 9.84 Å². The fraction of sp³-hybridized carbons (Fsp3) is 0.440. The summed E-state index contributed by atoms with van der Waals surface area (Å²) in [6, 6.07) is 15.0. The van der Waals surface area contributed by atoms with Crippen LogP contribution in [0, 0.1) is 0 Å². The van der Waals surface area contributed by atoms with Gasteiger partial charge >= 0.3 is 0 Å². The molecule has 0 bridgehead atoms. The van der Waals surface area contributed by atoms with Crippen LogP contribution < -0.4 is 10.6 Å². The minimum Gasteiger partial charge on any atom is -0.384 e. The molecule has 0 aliphatic heterocycles. The van der Waals surface area contributed by atoms with E-state index in [4.69, 9.17) is 0 Å². The van der Waals surface area contributed by atoms with Crippen molar-refractivity contribution in [2.24, 2.45) is 0 Å². The number of carbonyl (C=O) groups is 1. The van der Waals surface area contributed by atoms with E-state index in [-0.39, 0.29) is 17.5 Å². The van der Waals surface area contributed by atoms with E-state index in [2.05, 4.69) is 15.6 Å². The maximum Gasteiger partial charge on any atom is 0.238 e. The lowest BCUT2D eigenvalue weighted by Crippen LogP contribution is -2.53. The van der Waals surface area contributed by atoms with Crippen molar-refractivity contribution in [2.45, 2.75) is 63.6 Å². The van der Waals surface area contributed by atoms with E-state index in [0.717, 1.165) is 16.6 Å². The third-order valence-corrected chi connectivity index (χ3v) is 8.09. The minimum atomic E-state index is -3.56. The number of carbonyl (C=O) groups excluding carboxylic acids is 1. The molecule has 0 saturated carbocycles. The fourth-order valence-electron chi connectivity index (χ4n) is 3.83. The number of hydrogen-bond acceptors (Lipinski definition) is 7. The van der Waals surface area contributed by atoms with Crippen LogP contribution in [0.1, 0.15) is 50.3 Å². The fourth-order valence-corrected chi connectivity index (χ4v) is 6.43. The molecule has 3 rings (SSSR count). The SMILES string of the molecule is CCCC(NC(=O)C(CS(=O)(=O)Cc1ccccc1)NC(C)C)[C@@H](O)c1nc2ccccc2s1. The van der Waals surface area contributed by atoms with E-state index < -0.39 is 33.9 Å². The van der Waals surface area contributed by atoms with Crippen molar-refractivity contribution in [1.82, 2.24) is 15.6 Å². The molecule has 3 N–H and O–H groups in total. The molecule has 1 aromatic heterocycles. The van der Waals surface area contributed by atoms with Crippen LogP contribution in [-0.2, 0) is 20.4 Å². The van der Waals surface area contributed by atoms with Gasteiger partial charge in [-0.1, -0.05) is 69.7 Å². The molecule has 0 radical (unpaired) electrons. The smallest absolute Gasteiger partial charge is 0.238 e. The van der Waals surface area contributed by atoms with Gasteiger partial charge in [0.1, 0.15) is 17.2 Å². The van der Waals surface area contributed by atoms with Gasteiger partial charge in [0.05, 0.1) is 27.8 Å². The molecule has 7 nitrogen and oxygen atoms in total. The maximum atomic E-state index is 13.2. The highest BCUT2D eigenvalue weighted by Gasteiger charge is 2.31. The lowest BCUT2D eigenvalue weighted by Gasteiger charge is -2.27. The highest BCUT2D eigenvalue weighted by Crippen LogP contribution is 2.29. The molecule has 2 unspecified atom stereocenters. The number of benzene rings is 2. The summed E-state index contributed by atoms with van der Waals surface area (Å²) in [7, 11) is -3.56. The van der Waals surface area contributed by atoms with Gasteiger partial charge in [-0.05, 0) is 24.1 Å². The van der Waals surface area contributed by atoms with E-state index in [1.165, 1.54) is 11.3 Å². The van der Waals surface area contributed by atoms with E-state index in [9.17, 15) is 18.3 Å². The first kappa shape index (κ1) is 26.3. The molecule has 0 saturated heterocycles. The second-order valence-electron chi connectivity index (χ2n) is 8.78. The molecule has 1 heterocycles. The third kappa shape index (κ3) is 7.33. The van der Waals surface area contributed by atoms with Crippen LogP contribution in [0.4, 0.5) is 0 Å². The van der Waals surface area contributed by atoms with Crippen LogP contribution in [-0.4, -0.2) is 48.3 Å². The van der Waals surface area contributed by atoms with Crippen LogP contribution >= 0.6 is 11.3 Å². The summed E-state index contributed by atoms with van der Waals surface area (Å²) in [6.45, 7) is 5.70. The number of nitrogens with zero attached hydrogens (tertiary/aromatic N) is 1. The average Bonchev–Trinajstić information content (AvgIpc) is 3.22. The first-order chi connectivity index (χ1) is 16.2. The normalized spacial score (nSPS) is 14.7. The Bertz CT molecular complexity index is 1150. The number of rotatable bonds is 12. The molecular weight excluding hydrogens is 470 g/mol. The first-order valence-electron chi connectivity index (χ1n) is 11.5. The molecule has 1 amide bonds. The summed E-state index contributed by atoms with van der Waals surface area (Å²) < 4.78 is 26.7. The van der Waals surface area contributed by atoms with Gasteiger partial charge in [-0.3, -0.25) is 4.79 Å². The van der Waals surface area contributed by atoms with Crippen molar-refractivity contribution in [3.05, 3.63) is 65.2 Å². The molecule has 0 aliphatic rings. The summed E-state index contributed by atoms with van der Waals surface area (Å²) in [6.07, 6.45) is 0.289. The maximum absolute atomic E-state index is 13.2. The summed E-state index contributed by atoms with van der Waals surface area (Å²) >= 11 is 1.39. The number of aliphatic hydroxyl groups is 1. The van der Waals surface area contributed by atoms with Crippen LogP contribution in [0.25, 0.3) is 10.2 Å². The Morgan fingerprint density at radius 1 is 1.09 bits per heavy atom. The predicted molar refractivity (Wildman–Crippen MR) is 137 cm³/mol.